The molecule has 0 saturated heterocycles. The summed E-state index contributed by atoms with van der Waals surface area (Å²) in [6, 6.07) is 16.1. The van der Waals surface area contributed by atoms with Crippen molar-refractivity contribution in [1.82, 2.24) is 14.5 Å². The Hall–Kier alpha value is -3.23. The van der Waals surface area contributed by atoms with E-state index in [1.165, 1.54) is 34.1 Å². The first kappa shape index (κ1) is 22.9. The number of amides is 1. The predicted molar refractivity (Wildman–Crippen MR) is 133 cm³/mol. The second kappa shape index (κ2) is 10.1. The Kier molecular flexibility index (Phi) is 7.05. The molecule has 0 unspecified atom stereocenters. The quantitative estimate of drug-likeness (QED) is 0.198. The molecular weight excluding hydrogens is 457 g/mol. The van der Waals surface area contributed by atoms with E-state index in [0.717, 1.165) is 11.1 Å². The zero-order chi connectivity index (χ0) is 23.4. The van der Waals surface area contributed by atoms with Gasteiger partial charge in [0.1, 0.15) is 10.6 Å². The average Bonchev–Trinajstić information content (AvgIpc) is 3.26. The van der Waals surface area contributed by atoms with E-state index < -0.39 is 0 Å². The maximum absolute atomic E-state index is 13.9. The maximum atomic E-state index is 13.9. The van der Waals surface area contributed by atoms with Crippen LogP contribution in [0, 0.1) is 5.82 Å². The highest BCUT2D eigenvalue weighted by atomic mass is 32.2. The molecule has 2 heterocycles. The second-order valence-corrected chi connectivity index (χ2v) is 9.22. The summed E-state index contributed by atoms with van der Waals surface area (Å²) in [7, 11) is 1.63. The Morgan fingerprint density at radius 2 is 1.94 bits per heavy atom. The van der Waals surface area contributed by atoms with E-state index in [-0.39, 0.29) is 36.1 Å². The van der Waals surface area contributed by atoms with Crippen LogP contribution in [0.15, 0.2) is 82.6 Å². The molecule has 4 aromatic rings. The zero-order valence-corrected chi connectivity index (χ0v) is 19.7. The smallest absolute Gasteiger partial charge is 0.263 e. The Morgan fingerprint density at radius 3 is 2.67 bits per heavy atom. The van der Waals surface area contributed by atoms with Crippen molar-refractivity contribution in [3.05, 3.63) is 94.4 Å². The van der Waals surface area contributed by atoms with Gasteiger partial charge < -0.3 is 4.90 Å². The fraction of sp³-hybridized carbons (Fsp3) is 0.160. The van der Waals surface area contributed by atoms with Gasteiger partial charge in [0.2, 0.25) is 5.91 Å². The molecule has 0 fully saturated rings. The number of nitrogens with zero attached hydrogens (tertiary/aromatic N) is 3. The van der Waals surface area contributed by atoms with Crippen molar-refractivity contribution in [2.24, 2.45) is 0 Å². The summed E-state index contributed by atoms with van der Waals surface area (Å²) in [6.45, 7) is 4.22. The first-order chi connectivity index (χ1) is 16.0. The molecule has 0 radical (unpaired) electrons. The van der Waals surface area contributed by atoms with Crippen LogP contribution >= 0.6 is 23.1 Å². The third kappa shape index (κ3) is 4.91. The molecule has 168 valence electrons. The average molecular weight is 480 g/mol. The number of benzene rings is 2. The molecule has 2 aromatic heterocycles. The van der Waals surface area contributed by atoms with Crippen molar-refractivity contribution in [2.75, 3.05) is 12.8 Å². The van der Waals surface area contributed by atoms with Gasteiger partial charge in [-0.15, -0.1) is 17.9 Å². The number of hydrogen-bond acceptors (Lipinski definition) is 5. The number of carbonyl (C=O) groups excluding carboxylic acids is 1. The van der Waals surface area contributed by atoms with Crippen LogP contribution in [0.4, 0.5) is 4.39 Å². The summed E-state index contributed by atoms with van der Waals surface area (Å²) in [6.07, 6.45) is 1.64. The number of aromatic nitrogens is 2. The van der Waals surface area contributed by atoms with Gasteiger partial charge in [0.05, 0.1) is 11.1 Å². The van der Waals surface area contributed by atoms with E-state index in [9.17, 15) is 14.0 Å². The van der Waals surface area contributed by atoms with Gasteiger partial charge in [-0.05, 0) is 11.6 Å². The summed E-state index contributed by atoms with van der Waals surface area (Å²) in [5.41, 5.74) is 2.10. The Bertz CT molecular complexity index is 1370. The van der Waals surface area contributed by atoms with Crippen molar-refractivity contribution in [1.29, 1.82) is 0 Å². The highest BCUT2D eigenvalue weighted by Crippen LogP contribution is 2.32. The molecule has 0 aliphatic heterocycles. The van der Waals surface area contributed by atoms with Crippen LogP contribution in [0.5, 0.6) is 0 Å². The molecule has 0 saturated carbocycles. The maximum Gasteiger partial charge on any atom is 0.263 e. The highest BCUT2D eigenvalue weighted by molar-refractivity contribution is 7.99. The molecule has 0 atom stereocenters. The lowest BCUT2D eigenvalue weighted by Gasteiger charge is -2.18. The Labute approximate surface area is 199 Å². The normalized spacial score (nSPS) is 11.0. The number of fused-ring (bicyclic) bond motifs is 1. The van der Waals surface area contributed by atoms with Crippen LogP contribution in [0.25, 0.3) is 21.3 Å². The first-order valence-electron chi connectivity index (χ1n) is 10.3. The number of halogens is 1. The van der Waals surface area contributed by atoms with E-state index in [2.05, 4.69) is 6.58 Å². The fourth-order valence-corrected chi connectivity index (χ4v) is 5.38. The Balaban J connectivity index is 1.59. The number of hydrogen-bond donors (Lipinski definition) is 0. The monoisotopic (exact) mass is 479 g/mol. The number of carbonyl (C=O) groups is 1. The van der Waals surface area contributed by atoms with E-state index in [4.69, 9.17) is 4.98 Å². The lowest BCUT2D eigenvalue weighted by atomic mass is 10.1. The predicted octanol–water partition coefficient (Wildman–Crippen LogP) is 5.20. The van der Waals surface area contributed by atoms with Crippen LogP contribution in [0.3, 0.4) is 0 Å². The van der Waals surface area contributed by atoms with E-state index in [0.29, 0.717) is 20.9 Å². The SMILES string of the molecule is C=CCn1c(SCC(=O)N(C)Cc2ccccc2F)nc2scc(-c3ccccc3)c2c1=O. The summed E-state index contributed by atoms with van der Waals surface area (Å²) in [5, 5.41) is 2.97. The molecule has 1 amide bonds. The lowest BCUT2D eigenvalue weighted by molar-refractivity contribution is -0.127. The van der Waals surface area contributed by atoms with Crippen molar-refractivity contribution in [2.45, 2.75) is 18.2 Å². The minimum Gasteiger partial charge on any atom is -0.341 e. The van der Waals surface area contributed by atoms with Crippen LogP contribution in [-0.2, 0) is 17.9 Å². The summed E-state index contributed by atoms with van der Waals surface area (Å²) >= 11 is 2.61. The fourth-order valence-electron chi connectivity index (χ4n) is 3.44. The molecule has 0 spiro atoms. The summed E-state index contributed by atoms with van der Waals surface area (Å²) < 4.78 is 15.5. The molecule has 0 N–H and O–H groups in total. The van der Waals surface area contributed by atoms with Crippen LogP contribution < -0.4 is 5.56 Å². The Morgan fingerprint density at radius 1 is 1.21 bits per heavy atom. The lowest BCUT2D eigenvalue weighted by Crippen LogP contribution is -2.29. The van der Waals surface area contributed by atoms with Gasteiger partial charge in [0, 0.05) is 36.6 Å². The summed E-state index contributed by atoms with van der Waals surface area (Å²) in [4.78, 5) is 32.9. The highest BCUT2D eigenvalue weighted by Gasteiger charge is 2.19. The molecule has 0 bridgehead atoms. The molecule has 4 rings (SSSR count). The van der Waals surface area contributed by atoms with E-state index >= 15 is 0 Å². The van der Waals surface area contributed by atoms with E-state index in [1.54, 1.807) is 35.9 Å². The molecule has 0 aliphatic rings. The minimum absolute atomic E-state index is 0.0803. The molecule has 33 heavy (non-hydrogen) atoms. The van der Waals surface area contributed by atoms with Gasteiger partial charge in [-0.2, -0.15) is 0 Å². The second-order valence-electron chi connectivity index (χ2n) is 7.42. The molecule has 8 heteroatoms. The van der Waals surface area contributed by atoms with Gasteiger partial charge >= 0.3 is 0 Å². The number of allylic oxidation sites excluding steroid dienone is 1. The molecular formula is C25H22FN3O2S2. The van der Waals surface area contributed by atoms with Gasteiger partial charge in [-0.1, -0.05) is 66.4 Å². The van der Waals surface area contributed by atoms with E-state index in [1.807, 2.05) is 35.7 Å². The molecule has 5 nitrogen and oxygen atoms in total. The van der Waals surface area contributed by atoms with Crippen LogP contribution in [0.2, 0.25) is 0 Å². The van der Waals surface area contributed by atoms with Gasteiger partial charge in [-0.3, -0.25) is 14.2 Å². The van der Waals surface area contributed by atoms with Crippen LogP contribution in [-0.4, -0.2) is 33.2 Å². The standard InChI is InChI=1S/C25H22FN3O2S2/c1-3-13-29-24(31)22-19(17-9-5-4-6-10-17)15-32-23(22)27-25(29)33-16-21(30)28(2)14-18-11-7-8-12-20(18)26/h3-12,15H,1,13-14,16H2,2H3. The summed E-state index contributed by atoms with van der Waals surface area (Å²) in [5.74, 6) is -0.445. The van der Waals surface area contributed by atoms with Crippen molar-refractivity contribution in [3.63, 3.8) is 0 Å². The third-order valence-corrected chi connectivity index (χ3v) is 7.00. The van der Waals surface area contributed by atoms with Gasteiger partial charge in [0.15, 0.2) is 5.16 Å². The zero-order valence-electron chi connectivity index (χ0n) is 18.0. The third-order valence-electron chi connectivity index (χ3n) is 5.17. The number of thiophene rings is 1. The van der Waals surface area contributed by atoms with Crippen LogP contribution in [0.1, 0.15) is 5.56 Å². The van der Waals surface area contributed by atoms with Gasteiger partial charge in [0.25, 0.3) is 5.56 Å². The van der Waals surface area contributed by atoms with Gasteiger partial charge in [-0.25, -0.2) is 9.37 Å². The largest absolute Gasteiger partial charge is 0.341 e. The van der Waals surface area contributed by atoms with Crippen molar-refractivity contribution >= 4 is 39.2 Å². The van der Waals surface area contributed by atoms with Crippen molar-refractivity contribution in [3.8, 4) is 11.1 Å². The first-order valence-corrected chi connectivity index (χ1v) is 12.1. The molecule has 0 aliphatic carbocycles. The topological polar surface area (TPSA) is 55.2 Å². The van der Waals surface area contributed by atoms with Crippen molar-refractivity contribution < 1.29 is 9.18 Å². The number of rotatable bonds is 8. The number of thioether (sulfide) groups is 1. The molecule has 2 aromatic carbocycles. The minimum atomic E-state index is -0.344.